The summed E-state index contributed by atoms with van der Waals surface area (Å²) in [7, 11) is 0. The van der Waals surface area contributed by atoms with Crippen LogP contribution in [0.5, 0.6) is 0 Å². The second kappa shape index (κ2) is 5.93. The van der Waals surface area contributed by atoms with Crippen molar-refractivity contribution in [2.24, 2.45) is 0 Å². The van der Waals surface area contributed by atoms with Gasteiger partial charge in [0.15, 0.2) is 5.78 Å². The van der Waals surface area contributed by atoms with Crippen LogP contribution in [0.3, 0.4) is 0 Å². The number of aromatic carboxylic acids is 1. The molecule has 0 atom stereocenters. The van der Waals surface area contributed by atoms with Crippen molar-refractivity contribution in [3.63, 3.8) is 0 Å². The van der Waals surface area contributed by atoms with Crippen LogP contribution in [0.2, 0.25) is 0 Å². The van der Waals surface area contributed by atoms with E-state index in [9.17, 15) is 14.7 Å². The molecule has 114 valence electrons. The van der Waals surface area contributed by atoms with Crippen molar-refractivity contribution in [1.82, 2.24) is 0 Å². The molecule has 1 heterocycles. The molecule has 3 rings (SSSR count). The summed E-state index contributed by atoms with van der Waals surface area (Å²) in [5, 5.41) is 9.52. The van der Waals surface area contributed by atoms with Crippen LogP contribution in [0.25, 0.3) is 11.3 Å². The van der Waals surface area contributed by atoms with Crippen LogP contribution >= 0.6 is 0 Å². The Labute approximate surface area is 133 Å². The summed E-state index contributed by atoms with van der Waals surface area (Å²) in [6.45, 7) is 1.92. The summed E-state index contributed by atoms with van der Waals surface area (Å²) in [5.41, 5.74) is 2.02. The number of hydrogen-bond donors (Lipinski definition) is 1. The second-order valence-corrected chi connectivity index (χ2v) is 5.22. The Hall–Kier alpha value is -3.14. The smallest absolute Gasteiger partial charge is 0.340 e. The van der Waals surface area contributed by atoms with E-state index in [0.29, 0.717) is 11.1 Å². The van der Waals surface area contributed by atoms with E-state index in [-0.39, 0.29) is 22.7 Å². The normalized spacial score (nSPS) is 10.5. The van der Waals surface area contributed by atoms with E-state index >= 15 is 0 Å². The Kier molecular flexibility index (Phi) is 3.81. The maximum Gasteiger partial charge on any atom is 0.340 e. The van der Waals surface area contributed by atoms with Crippen LogP contribution in [0.1, 0.15) is 31.8 Å². The van der Waals surface area contributed by atoms with Gasteiger partial charge in [0, 0.05) is 11.1 Å². The van der Waals surface area contributed by atoms with Crippen LogP contribution in [-0.4, -0.2) is 16.9 Å². The van der Waals surface area contributed by atoms with Gasteiger partial charge in [-0.15, -0.1) is 0 Å². The van der Waals surface area contributed by atoms with Gasteiger partial charge < -0.3 is 9.52 Å². The van der Waals surface area contributed by atoms with Crippen LogP contribution in [0.4, 0.5) is 0 Å². The number of furan rings is 1. The number of carbonyl (C=O) groups excluding carboxylic acids is 1. The Bertz CT molecular complexity index is 858. The third-order valence-electron chi connectivity index (χ3n) is 3.60. The number of rotatable bonds is 4. The van der Waals surface area contributed by atoms with E-state index in [0.717, 1.165) is 5.56 Å². The number of hydrogen-bond acceptors (Lipinski definition) is 3. The van der Waals surface area contributed by atoms with Crippen molar-refractivity contribution < 1.29 is 19.1 Å². The molecule has 0 bridgehead atoms. The van der Waals surface area contributed by atoms with Gasteiger partial charge in [-0.1, -0.05) is 60.2 Å². The molecular formula is C19H14O4. The van der Waals surface area contributed by atoms with Crippen molar-refractivity contribution >= 4 is 11.8 Å². The van der Waals surface area contributed by atoms with Crippen molar-refractivity contribution in [2.75, 3.05) is 0 Å². The molecule has 3 aromatic rings. The molecule has 0 saturated heterocycles. The van der Waals surface area contributed by atoms with Gasteiger partial charge in [-0.3, -0.25) is 4.79 Å². The third-order valence-corrected chi connectivity index (χ3v) is 3.60. The molecule has 1 aromatic heterocycles. The number of ketones is 1. The van der Waals surface area contributed by atoms with Crippen LogP contribution in [0.15, 0.2) is 65.3 Å². The summed E-state index contributed by atoms with van der Waals surface area (Å²) < 4.78 is 5.41. The van der Waals surface area contributed by atoms with E-state index in [1.54, 1.807) is 36.4 Å². The average Bonchev–Trinajstić information content (AvgIpc) is 3.01. The van der Waals surface area contributed by atoms with Crippen LogP contribution in [-0.2, 0) is 0 Å². The molecule has 23 heavy (non-hydrogen) atoms. The quantitative estimate of drug-likeness (QED) is 0.734. The summed E-state index contributed by atoms with van der Waals surface area (Å²) in [6, 6.07) is 15.9. The Morgan fingerprint density at radius 2 is 1.61 bits per heavy atom. The number of carbonyl (C=O) groups is 2. The van der Waals surface area contributed by atoms with Gasteiger partial charge >= 0.3 is 5.97 Å². The van der Waals surface area contributed by atoms with E-state index in [1.165, 1.54) is 6.26 Å². The molecule has 1 N–H and O–H groups in total. The van der Waals surface area contributed by atoms with Gasteiger partial charge in [0.1, 0.15) is 17.6 Å². The Morgan fingerprint density at radius 1 is 0.957 bits per heavy atom. The molecular weight excluding hydrogens is 292 g/mol. The highest BCUT2D eigenvalue weighted by Crippen LogP contribution is 2.29. The van der Waals surface area contributed by atoms with Gasteiger partial charge in [-0.2, -0.15) is 0 Å². The summed E-state index contributed by atoms with van der Waals surface area (Å²) in [6.07, 6.45) is 1.22. The summed E-state index contributed by atoms with van der Waals surface area (Å²) in [5.74, 6) is -1.37. The standard InChI is InChI=1S/C19H14O4/c1-12-7-9-13(10-8-12)17(20)15-11-23-18(16(15)19(21)22)14-5-3-2-4-6-14/h2-11H,1H3,(H,21,22). The Morgan fingerprint density at radius 3 is 2.22 bits per heavy atom. The highest BCUT2D eigenvalue weighted by molar-refractivity contribution is 6.15. The predicted molar refractivity (Wildman–Crippen MR) is 85.7 cm³/mol. The molecule has 0 amide bonds. The fourth-order valence-electron chi connectivity index (χ4n) is 2.40. The molecule has 0 spiro atoms. The number of carboxylic acid groups (broad SMARTS) is 1. The van der Waals surface area contributed by atoms with Gasteiger partial charge in [-0.25, -0.2) is 4.79 Å². The topological polar surface area (TPSA) is 67.5 Å². The first kappa shape index (κ1) is 14.8. The first-order valence-corrected chi connectivity index (χ1v) is 7.09. The zero-order valence-electron chi connectivity index (χ0n) is 12.4. The second-order valence-electron chi connectivity index (χ2n) is 5.22. The fourth-order valence-corrected chi connectivity index (χ4v) is 2.40. The molecule has 4 nitrogen and oxygen atoms in total. The molecule has 4 heteroatoms. The van der Waals surface area contributed by atoms with Crippen LogP contribution in [0, 0.1) is 6.92 Å². The van der Waals surface area contributed by atoms with E-state index in [2.05, 4.69) is 0 Å². The molecule has 0 aliphatic heterocycles. The maximum absolute atomic E-state index is 12.6. The summed E-state index contributed by atoms with van der Waals surface area (Å²) >= 11 is 0. The molecule has 0 aliphatic rings. The van der Waals surface area contributed by atoms with E-state index in [1.807, 2.05) is 25.1 Å². The largest absolute Gasteiger partial charge is 0.478 e. The maximum atomic E-state index is 12.6. The van der Waals surface area contributed by atoms with Gasteiger partial charge in [0.05, 0.1) is 5.56 Å². The molecule has 0 fully saturated rings. The van der Waals surface area contributed by atoms with Crippen molar-refractivity contribution in [3.8, 4) is 11.3 Å². The zero-order chi connectivity index (χ0) is 16.4. The minimum Gasteiger partial charge on any atom is -0.478 e. The average molecular weight is 306 g/mol. The number of carboxylic acids is 1. The molecule has 0 aliphatic carbocycles. The first-order chi connectivity index (χ1) is 11.1. The van der Waals surface area contributed by atoms with Crippen molar-refractivity contribution in [3.05, 3.63) is 83.1 Å². The predicted octanol–water partition coefficient (Wildman–Crippen LogP) is 4.18. The van der Waals surface area contributed by atoms with Gasteiger partial charge in [0.2, 0.25) is 0 Å². The van der Waals surface area contributed by atoms with Crippen molar-refractivity contribution in [1.29, 1.82) is 0 Å². The third kappa shape index (κ3) is 2.79. The molecule has 0 radical (unpaired) electrons. The lowest BCUT2D eigenvalue weighted by Gasteiger charge is -2.02. The Balaban J connectivity index is 2.10. The van der Waals surface area contributed by atoms with Crippen molar-refractivity contribution in [2.45, 2.75) is 6.92 Å². The SMILES string of the molecule is Cc1ccc(C(=O)c2coc(-c3ccccc3)c2C(=O)O)cc1. The highest BCUT2D eigenvalue weighted by Gasteiger charge is 2.26. The molecule has 2 aromatic carbocycles. The van der Waals surface area contributed by atoms with Crippen LogP contribution < -0.4 is 0 Å². The highest BCUT2D eigenvalue weighted by atomic mass is 16.4. The van der Waals surface area contributed by atoms with E-state index < -0.39 is 5.97 Å². The minimum atomic E-state index is -1.19. The summed E-state index contributed by atoms with van der Waals surface area (Å²) in [4.78, 5) is 24.3. The van der Waals surface area contributed by atoms with Gasteiger partial charge in [0.25, 0.3) is 0 Å². The number of aryl methyl sites for hydroxylation is 1. The first-order valence-electron chi connectivity index (χ1n) is 7.09. The lowest BCUT2D eigenvalue weighted by Crippen LogP contribution is -2.08. The van der Waals surface area contributed by atoms with E-state index in [4.69, 9.17) is 4.42 Å². The lowest BCUT2D eigenvalue weighted by atomic mass is 9.98. The zero-order valence-corrected chi connectivity index (χ0v) is 12.4. The number of benzene rings is 2. The van der Waals surface area contributed by atoms with Gasteiger partial charge in [-0.05, 0) is 6.92 Å². The fraction of sp³-hybridized carbons (Fsp3) is 0.0526. The lowest BCUT2D eigenvalue weighted by molar-refractivity contribution is 0.0693. The molecule has 0 unspecified atom stereocenters. The molecule has 0 saturated carbocycles. The minimum absolute atomic E-state index is 0.0557. The monoisotopic (exact) mass is 306 g/mol.